The summed E-state index contributed by atoms with van der Waals surface area (Å²) in [6, 6.07) is 24.5. The van der Waals surface area contributed by atoms with Crippen molar-refractivity contribution in [3.05, 3.63) is 107 Å². The van der Waals surface area contributed by atoms with Crippen molar-refractivity contribution in [3.63, 3.8) is 0 Å². The van der Waals surface area contributed by atoms with E-state index in [-0.39, 0.29) is 30.7 Å². The van der Waals surface area contributed by atoms with Gasteiger partial charge in [0.25, 0.3) is 0 Å². The third-order valence-corrected chi connectivity index (χ3v) is 7.43. The fraction of sp³-hybridized carbons (Fsp3) is 0.333. The molecule has 7 heteroatoms. The van der Waals surface area contributed by atoms with Gasteiger partial charge in [-0.3, -0.25) is 14.4 Å². The first kappa shape index (κ1) is 28.6. The van der Waals surface area contributed by atoms with Gasteiger partial charge in [0.05, 0.1) is 30.7 Å². The normalized spacial score (nSPS) is 20.1. The number of likely N-dealkylation sites (tertiary alicyclic amines) is 1. The Hall–Kier alpha value is -4.44. The van der Waals surface area contributed by atoms with Crippen molar-refractivity contribution >= 4 is 17.8 Å². The predicted molar refractivity (Wildman–Crippen MR) is 152 cm³/mol. The molecule has 4 rings (SSSR count). The average molecular weight is 538 g/mol. The van der Waals surface area contributed by atoms with Crippen LogP contribution in [0.3, 0.4) is 0 Å². The summed E-state index contributed by atoms with van der Waals surface area (Å²) < 4.78 is 5.30. The zero-order valence-corrected chi connectivity index (χ0v) is 23.3. The van der Waals surface area contributed by atoms with E-state index >= 15 is 0 Å². The molecule has 1 heterocycles. The second-order valence-corrected chi connectivity index (χ2v) is 10.7. The van der Waals surface area contributed by atoms with Crippen molar-refractivity contribution in [1.29, 1.82) is 5.26 Å². The molecule has 0 radical (unpaired) electrons. The number of nitrogens with zero attached hydrogens (tertiary/aromatic N) is 2. The summed E-state index contributed by atoms with van der Waals surface area (Å²) >= 11 is 0. The zero-order chi connectivity index (χ0) is 28.8. The highest BCUT2D eigenvalue weighted by Gasteiger charge is 2.57. The third kappa shape index (κ3) is 6.07. The molecule has 4 unspecified atom stereocenters. The van der Waals surface area contributed by atoms with Crippen LogP contribution in [0.15, 0.2) is 78.9 Å². The summed E-state index contributed by atoms with van der Waals surface area (Å²) in [7, 11) is 1.32. The number of carbonyl (C=O) groups excluding carboxylic acids is 3. The van der Waals surface area contributed by atoms with Gasteiger partial charge in [0.2, 0.25) is 11.8 Å². The van der Waals surface area contributed by atoms with Crippen LogP contribution in [-0.2, 0) is 25.7 Å². The molecule has 40 heavy (non-hydrogen) atoms. The van der Waals surface area contributed by atoms with Crippen LogP contribution in [0.2, 0.25) is 0 Å². The minimum absolute atomic E-state index is 0.0396. The monoisotopic (exact) mass is 537 g/mol. The van der Waals surface area contributed by atoms with Gasteiger partial charge in [-0.25, -0.2) is 0 Å². The molecule has 0 aromatic heterocycles. The Kier molecular flexibility index (Phi) is 9.00. The Morgan fingerprint density at radius 1 is 0.950 bits per heavy atom. The number of ether oxygens (including phenoxy) is 1. The molecule has 4 atom stereocenters. The molecule has 3 aromatic carbocycles. The quantitative estimate of drug-likeness (QED) is 0.405. The van der Waals surface area contributed by atoms with Gasteiger partial charge in [0.1, 0.15) is 6.04 Å². The molecule has 1 N–H and O–H groups in total. The smallest absolute Gasteiger partial charge is 0.311 e. The number of benzene rings is 3. The number of hydrogen-bond acceptors (Lipinski definition) is 5. The van der Waals surface area contributed by atoms with E-state index in [0.29, 0.717) is 11.1 Å². The van der Waals surface area contributed by atoms with E-state index in [1.165, 1.54) is 7.11 Å². The molecule has 0 saturated carbocycles. The second kappa shape index (κ2) is 12.6. The first-order valence-electron chi connectivity index (χ1n) is 13.5. The Labute approximate surface area is 235 Å². The summed E-state index contributed by atoms with van der Waals surface area (Å²) in [6.07, 6.45) is 0.212. The molecule has 1 saturated heterocycles. The molecular weight excluding hydrogens is 502 g/mol. The van der Waals surface area contributed by atoms with Crippen LogP contribution >= 0.6 is 0 Å². The Bertz CT molecular complexity index is 1380. The van der Waals surface area contributed by atoms with E-state index < -0.39 is 29.9 Å². The molecule has 0 bridgehead atoms. The highest BCUT2D eigenvalue weighted by atomic mass is 16.5. The fourth-order valence-corrected chi connectivity index (χ4v) is 5.57. The van der Waals surface area contributed by atoms with Crippen LogP contribution in [0.25, 0.3) is 0 Å². The Morgan fingerprint density at radius 3 is 2.17 bits per heavy atom. The second-order valence-electron chi connectivity index (χ2n) is 10.7. The van der Waals surface area contributed by atoms with Gasteiger partial charge in [-0.1, -0.05) is 86.1 Å². The molecule has 1 aliphatic rings. The molecule has 206 valence electrons. The fourth-order valence-electron chi connectivity index (χ4n) is 5.57. The van der Waals surface area contributed by atoms with Crippen LogP contribution in [0.1, 0.15) is 60.0 Å². The number of methoxy groups -OCH3 is 1. The molecular formula is C33H35N3O4. The SMILES string of the molecule is COC(=O)C1C(c2ccccc2)C(C(=O)NCc2ccc(C)cc2)N(C(=O)CC(C)C)C1c1ccc(C#N)cc1. The average Bonchev–Trinajstić information content (AvgIpc) is 3.33. The topological polar surface area (TPSA) is 99.5 Å². The third-order valence-electron chi connectivity index (χ3n) is 7.43. The Balaban J connectivity index is 1.86. The van der Waals surface area contributed by atoms with Crippen molar-refractivity contribution in [2.45, 2.75) is 51.7 Å². The van der Waals surface area contributed by atoms with Crippen molar-refractivity contribution in [1.82, 2.24) is 10.2 Å². The van der Waals surface area contributed by atoms with Crippen molar-refractivity contribution in [2.75, 3.05) is 7.11 Å². The molecule has 7 nitrogen and oxygen atoms in total. The summed E-state index contributed by atoms with van der Waals surface area (Å²) in [5.41, 5.74) is 3.95. The summed E-state index contributed by atoms with van der Waals surface area (Å²) in [5.74, 6) is -2.50. The molecule has 3 aromatic rings. The molecule has 2 amide bonds. The van der Waals surface area contributed by atoms with Gasteiger partial charge in [-0.15, -0.1) is 0 Å². The number of esters is 1. The lowest BCUT2D eigenvalue weighted by Gasteiger charge is -2.32. The number of hydrogen-bond donors (Lipinski definition) is 1. The van der Waals surface area contributed by atoms with Gasteiger partial charge in [-0.05, 0) is 41.7 Å². The van der Waals surface area contributed by atoms with E-state index in [4.69, 9.17) is 4.74 Å². The highest BCUT2D eigenvalue weighted by molar-refractivity contribution is 5.92. The first-order chi connectivity index (χ1) is 19.2. The van der Waals surface area contributed by atoms with Crippen molar-refractivity contribution in [3.8, 4) is 6.07 Å². The number of amides is 2. The standard InChI is InChI=1S/C33H35N3O4/c1-21(2)18-27(37)36-30(26-16-14-23(19-34)15-17-26)29(33(39)40-4)28(25-8-6-5-7-9-25)31(36)32(38)35-20-24-12-10-22(3)11-13-24/h5-17,21,28-31H,18,20H2,1-4H3,(H,35,38). The molecule has 1 fully saturated rings. The summed E-state index contributed by atoms with van der Waals surface area (Å²) in [6.45, 7) is 6.18. The lowest BCUT2D eigenvalue weighted by Crippen LogP contribution is -2.48. The lowest BCUT2D eigenvalue weighted by molar-refractivity contribution is -0.147. The van der Waals surface area contributed by atoms with E-state index in [0.717, 1.165) is 16.7 Å². The van der Waals surface area contributed by atoms with Crippen LogP contribution < -0.4 is 5.32 Å². The summed E-state index contributed by atoms with van der Waals surface area (Å²) in [4.78, 5) is 43.2. The number of rotatable bonds is 8. The molecule has 0 aliphatic carbocycles. The van der Waals surface area contributed by atoms with E-state index in [2.05, 4.69) is 11.4 Å². The maximum absolute atomic E-state index is 14.1. The van der Waals surface area contributed by atoms with Gasteiger partial charge in [0, 0.05) is 18.9 Å². The highest BCUT2D eigenvalue weighted by Crippen LogP contribution is 2.51. The van der Waals surface area contributed by atoms with Gasteiger partial charge >= 0.3 is 5.97 Å². The van der Waals surface area contributed by atoms with Gasteiger partial charge in [-0.2, -0.15) is 5.26 Å². The maximum atomic E-state index is 14.1. The predicted octanol–water partition coefficient (Wildman–Crippen LogP) is 5.05. The van der Waals surface area contributed by atoms with Crippen LogP contribution in [0.5, 0.6) is 0 Å². The number of carbonyl (C=O) groups is 3. The van der Waals surface area contributed by atoms with Crippen molar-refractivity contribution in [2.24, 2.45) is 11.8 Å². The number of nitrogens with one attached hydrogen (secondary N) is 1. The van der Waals surface area contributed by atoms with Crippen LogP contribution in [0, 0.1) is 30.1 Å². The first-order valence-corrected chi connectivity index (χ1v) is 13.5. The maximum Gasteiger partial charge on any atom is 0.311 e. The minimum Gasteiger partial charge on any atom is -0.469 e. The van der Waals surface area contributed by atoms with Crippen LogP contribution in [-0.4, -0.2) is 35.8 Å². The van der Waals surface area contributed by atoms with Crippen molar-refractivity contribution < 1.29 is 19.1 Å². The zero-order valence-electron chi connectivity index (χ0n) is 23.3. The van der Waals surface area contributed by atoms with E-state index in [9.17, 15) is 19.6 Å². The van der Waals surface area contributed by atoms with Gasteiger partial charge < -0.3 is 15.0 Å². The summed E-state index contributed by atoms with van der Waals surface area (Å²) in [5, 5.41) is 12.4. The number of nitriles is 1. The molecule has 1 aliphatic heterocycles. The van der Waals surface area contributed by atoms with Crippen LogP contribution in [0.4, 0.5) is 0 Å². The number of aryl methyl sites for hydroxylation is 1. The Morgan fingerprint density at radius 2 is 1.60 bits per heavy atom. The van der Waals surface area contributed by atoms with E-state index in [1.54, 1.807) is 29.2 Å². The largest absolute Gasteiger partial charge is 0.469 e. The minimum atomic E-state index is -0.955. The van der Waals surface area contributed by atoms with E-state index in [1.807, 2.05) is 75.4 Å². The molecule has 0 spiro atoms. The van der Waals surface area contributed by atoms with Gasteiger partial charge in [0.15, 0.2) is 0 Å². The lowest BCUT2D eigenvalue weighted by atomic mass is 9.79.